The van der Waals surface area contributed by atoms with Gasteiger partial charge in [-0.25, -0.2) is 0 Å². The summed E-state index contributed by atoms with van der Waals surface area (Å²) in [6, 6.07) is 8.45. The van der Waals surface area contributed by atoms with E-state index in [4.69, 9.17) is 4.74 Å². The molecule has 17 heavy (non-hydrogen) atoms. The first kappa shape index (κ1) is 14.9. The van der Waals surface area contributed by atoms with E-state index in [-0.39, 0.29) is 0 Å². The van der Waals surface area contributed by atoms with Gasteiger partial charge in [-0.15, -0.1) is 0 Å². The molecule has 0 bridgehead atoms. The second-order valence-electron chi connectivity index (χ2n) is 5.43. The maximum atomic E-state index is 5.40. The third-order valence-electron chi connectivity index (χ3n) is 3.34. The van der Waals surface area contributed by atoms with Crippen molar-refractivity contribution < 1.29 is 4.74 Å². The van der Waals surface area contributed by atoms with Gasteiger partial charge in [-0.1, -0.05) is 0 Å². The summed E-state index contributed by atoms with van der Waals surface area (Å²) in [6.45, 7) is 4.66. The SMILES string of the molecule is COc1ccccc1C[CH2][In]([CH3])[CH2]CC(C)C. The molecule has 1 aromatic carbocycles. The van der Waals surface area contributed by atoms with E-state index < -0.39 is 21.4 Å². The summed E-state index contributed by atoms with van der Waals surface area (Å²) in [5.41, 5.74) is 1.39. The monoisotopic (exact) mass is 336 g/mol. The van der Waals surface area contributed by atoms with Crippen LogP contribution >= 0.6 is 0 Å². The number of benzene rings is 1. The molecular formula is C15H25InO. The van der Waals surface area contributed by atoms with Crippen LogP contribution in [0.1, 0.15) is 25.8 Å². The van der Waals surface area contributed by atoms with Crippen molar-refractivity contribution in [3.63, 3.8) is 0 Å². The van der Waals surface area contributed by atoms with E-state index in [1.165, 1.54) is 22.6 Å². The van der Waals surface area contributed by atoms with E-state index in [1.807, 2.05) is 6.07 Å². The number of hydrogen-bond acceptors (Lipinski definition) is 1. The Morgan fingerprint density at radius 2 is 1.88 bits per heavy atom. The first-order valence-corrected chi connectivity index (χ1v) is 14.7. The fourth-order valence-corrected chi connectivity index (χ4v) is 8.72. The predicted molar refractivity (Wildman–Crippen MR) is 77.4 cm³/mol. The first-order chi connectivity index (χ1) is 8.13. The molecule has 0 spiro atoms. The van der Waals surface area contributed by atoms with Gasteiger partial charge in [0.2, 0.25) is 0 Å². The summed E-state index contributed by atoms with van der Waals surface area (Å²) < 4.78 is 11.0. The van der Waals surface area contributed by atoms with Gasteiger partial charge in [-0.2, -0.15) is 0 Å². The average Bonchev–Trinajstić information content (AvgIpc) is 2.34. The minimum atomic E-state index is -1.19. The summed E-state index contributed by atoms with van der Waals surface area (Å²) in [5.74, 6) is 1.94. The number of aryl methyl sites for hydroxylation is 1. The topological polar surface area (TPSA) is 9.23 Å². The molecule has 2 heteroatoms. The van der Waals surface area contributed by atoms with E-state index in [0.717, 1.165) is 11.7 Å². The van der Waals surface area contributed by atoms with Crippen LogP contribution in [0.4, 0.5) is 0 Å². The van der Waals surface area contributed by atoms with Crippen molar-refractivity contribution in [2.45, 2.75) is 39.7 Å². The van der Waals surface area contributed by atoms with Crippen molar-refractivity contribution in [3.05, 3.63) is 29.8 Å². The van der Waals surface area contributed by atoms with Crippen molar-refractivity contribution in [3.8, 4) is 5.75 Å². The van der Waals surface area contributed by atoms with Crippen LogP contribution in [0.15, 0.2) is 24.3 Å². The van der Waals surface area contributed by atoms with Gasteiger partial charge < -0.3 is 0 Å². The van der Waals surface area contributed by atoms with E-state index in [1.54, 1.807) is 11.3 Å². The summed E-state index contributed by atoms with van der Waals surface area (Å²) in [7, 11) is 1.77. The van der Waals surface area contributed by atoms with Gasteiger partial charge in [-0.3, -0.25) is 0 Å². The van der Waals surface area contributed by atoms with E-state index in [0.29, 0.717) is 0 Å². The molecule has 0 amide bonds. The van der Waals surface area contributed by atoms with Gasteiger partial charge in [0.25, 0.3) is 0 Å². The van der Waals surface area contributed by atoms with Crippen LogP contribution in [0.5, 0.6) is 5.75 Å². The Balaban J connectivity index is 2.39. The zero-order valence-corrected chi connectivity index (χ0v) is 15.0. The maximum absolute atomic E-state index is 5.40. The molecule has 0 saturated carbocycles. The first-order valence-electron chi connectivity index (χ1n) is 6.75. The van der Waals surface area contributed by atoms with Crippen LogP contribution in [0.25, 0.3) is 0 Å². The fraction of sp³-hybridized carbons (Fsp3) is 0.600. The van der Waals surface area contributed by atoms with Crippen molar-refractivity contribution in [2.75, 3.05) is 7.11 Å². The summed E-state index contributed by atoms with van der Waals surface area (Å²) in [6.07, 6.45) is 2.66. The molecule has 0 fully saturated rings. The van der Waals surface area contributed by atoms with E-state index in [9.17, 15) is 0 Å². The predicted octanol–water partition coefficient (Wildman–Crippen LogP) is 4.41. The summed E-state index contributed by atoms with van der Waals surface area (Å²) in [4.78, 5) is 0. The van der Waals surface area contributed by atoms with Crippen LogP contribution in [0.3, 0.4) is 0 Å². The second kappa shape index (κ2) is 8.07. The van der Waals surface area contributed by atoms with Crippen LogP contribution < -0.4 is 4.74 Å². The van der Waals surface area contributed by atoms with Crippen LogP contribution in [0, 0.1) is 5.92 Å². The van der Waals surface area contributed by atoms with Crippen molar-refractivity contribution in [1.29, 1.82) is 0 Å². The molecule has 0 radical (unpaired) electrons. The van der Waals surface area contributed by atoms with Crippen molar-refractivity contribution in [1.82, 2.24) is 0 Å². The summed E-state index contributed by atoms with van der Waals surface area (Å²) >= 11 is -1.19. The molecular weight excluding hydrogens is 311 g/mol. The molecule has 0 atom stereocenters. The normalized spacial score (nSPS) is 10.6. The molecule has 0 heterocycles. The zero-order valence-electron chi connectivity index (χ0n) is 11.7. The molecule has 0 N–H and O–H groups in total. The Morgan fingerprint density at radius 3 is 2.53 bits per heavy atom. The summed E-state index contributed by atoms with van der Waals surface area (Å²) in [5, 5.41) is 0. The molecule has 1 aromatic rings. The Labute approximate surface area is 114 Å². The van der Waals surface area contributed by atoms with Gasteiger partial charge in [0.15, 0.2) is 0 Å². The molecule has 0 aliphatic rings. The number of para-hydroxylation sites is 1. The minimum absolute atomic E-state index is 0.875. The third-order valence-corrected chi connectivity index (χ3v) is 10.7. The van der Waals surface area contributed by atoms with Gasteiger partial charge in [0.1, 0.15) is 0 Å². The Morgan fingerprint density at radius 1 is 1.18 bits per heavy atom. The second-order valence-corrected chi connectivity index (χ2v) is 15.0. The Kier molecular flexibility index (Phi) is 7.10. The number of methoxy groups -OCH3 is 1. The van der Waals surface area contributed by atoms with Gasteiger partial charge >= 0.3 is 115 Å². The Bertz CT molecular complexity index is 322. The molecule has 0 aliphatic heterocycles. The van der Waals surface area contributed by atoms with Crippen molar-refractivity contribution in [2.24, 2.45) is 5.92 Å². The molecule has 0 aromatic heterocycles. The van der Waals surface area contributed by atoms with Crippen LogP contribution in [-0.2, 0) is 6.42 Å². The van der Waals surface area contributed by atoms with Gasteiger partial charge in [0, 0.05) is 0 Å². The molecule has 94 valence electrons. The molecule has 1 rings (SSSR count). The average molecular weight is 336 g/mol. The molecule has 0 saturated heterocycles. The fourth-order valence-electron chi connectivity index (χ4n) is 2.07. The number of hydrogen-bond donors (Lipinski definition) is 0. The molecule has 0 unspecified atom stereocenters. The zero-order chi connectivity index (χ0) is 12.7. The Hall–Kier alpha value is -0.110. The van der Waals surface area contributed by atoms with E-state index >= 15 is 0 Å². The van der Waals surface area contributed by atoms with Crippen LogP contribution in [0.2, 0.25) is 13.0 Å². The van der Waals surface area contributed by atoms with E-state index in [2.05, 4.69) is 36.7 Å². The van der Waals surface area contributed by atoms with Gasteiger partial charge in [0.05, 0.1) is 0 Å². The van der Waals surface area contributed by atoms with Crippen LogP contribution in [-0.4, -0.2) is 28.5 Å². The standard InChI is InChI=1S/C9H11O.C5H11.CH3.In/c1-3-8-6-4-5-7-9(8)10-2;1-4-5(2)3;;/h4-7H,1,3H2,2H3;5H,1,4H2,2-3H3;1H3;. The number of ether oxygens (including phenoxy) is 1. The van der Waals surface area contributed by atoms with Crippen molar-refractivity contribution >= 4 is 21.4 Å². The molecule has 0 aliphatic carbocycles. The number of rotatable bonds is 7. The van der Waals surface area contributed by atoms with Gasteiger partial charge in [-0.05, 0) is 0 Å². The quantitative estimate of drug-likeness (QED) is 0.717. The molecule has 1 nitrogen and oxygen atoms in total. The third kappa shape index (κ3) is 5.85.